The van der Waals surface area contributed by atoms with Crippen molar-refractivity contribution in [2.45, 2.75) is 51.7 Å². The van der Waals surface area contributed by atoms with Gasteiger partial charge in [-0.3, -0.25) is 9.79 Å². The van der Waals surface area contributed by atoms with E-state index in [-0.39, 0.29) is 42.0 Å². The molecule has 1 fully saturated rings. The topological polar surface area (TPSA) is 77.5 Å². The summed E-state index contributed by atoms with van der Waals surface area (Å²) in [5.74, 6) is 1.07. The number of para-hydroxylation sites is 1. The van der Waals surface area contributed by atoms with Crippen molar-refractivity contribution in [1.82, 2.24) is 15.1 Å². The van der Waals surface area contributed by atoms with Gasteiger partial charge in [-0.05, 0) is 45.2 Å². The number of aliphatic imine (C=N–C) groups is 1. The Bertz CT molecular complexity index is 869. The van der Waals surface area contributed by atoms with Gasteiger partial charge in [0.25, 0.3) is 0 Å². The van der Waals surface area contributed by atoms with E-state index in [1.54, 1.807) is 4.90 Å². The second kappa shape index (κ2) is 10.3. The molecule has 3 aliphatic heterocycles. The van der Waals surface area contributed by atoms with Gasteiger partial charge >= 0.3 is 6.09 Å². The number of rotatable bonds is 4. The van der Waals surface area contributed by atoms with Crippen LogP contribution in [0.5, 0.6) is 0 Å². The predicted molar refractivity (Wildman–Crippen MR) is 136 cm³/mol. The van der Waals surface area contributed by atoms with Crippen LogP contribution in [0.3, 0.4) is 0 Å². The Hall–Kier alpha value is -2.04. The lowest BCUT2D eigenvalue weighted by Crippen LogP contribution is -2.57. The zero-order valence-electron chi connectivity index (χ0n) is 19.2. The van der Waals surface area contributed by atoms with E-state index in [1.165, 1.54) is 5.56 Å². The van der Waals surface area contributed by atoms with Crippen LogP contribution < -0.4 is 10.2 Å². The van der Waals surface area contributed by atoms with Crippen LogP contribution in [0.25, 0.3) is 0 Å². The second-order valence-electron chi connectivity index (χ2n) is 9.39. The third-order valence-corrected chi connectivity index (χ3v) is 5.90. The van der Waals surface area contributed by atoms with Crippen LogP contribution in [0.4, 0.5) is 10.5 Å². The Kier molecular flexibility index (Phi) is 7.89. The molecule has 1 saturated heterocycles. The molecule has 2 amide bonds. The SMILES string of the molecule is CC(C)(C)OC(=O)N1CCN2C(NCCCC(=O)N3CCc4ccccc43)=NCC2C1.I. The number of carbonyl (C=O) groups is 2. The smallest absolute Gasteiger partial charge is 0.410 e. The first-order valence-corrected chi connectivity index (χ1v) is 11.2. The van der Waals surface area contributed by atoms with Gasteiger partial charge in [-0.25, -0.2) is 4.79 Å². The van der Waals surface area contributed by atoms with E-state index < -0.39 is 5.60 Å². The van der Waals surface area contributed by atoms with Crippen molar-refractivity contribution in [3.8, 4) is 0 Å². The molecular formula is C23H34IN5O3. The summed E-state index contributed by atoms with van der Waals surface area (Å²) in [4.78, 5) is 35.5. The Morgan fingerprint density at radius 2 is 1.97 bits per heavy atom. The number of piperazine rings is 1. The second-order valence-corrected chi connectivity index (χ2v) is 9.39. The van der Waals surface area contributed by atoms with E-state index in [0.717, 1.165) is 37.6 Å². The summed E-state index contributed by atoms with van der Waals surface area (Å²) in [6.07, 6.45) is 1.97. The largest absolute Gasteiger partial charge is 0.444 e. The number of hydrogen-bond donors (Lipinski definition) is 1. The minimum Gasteiger partial charge on any atom is -0.444 e. The van der Waals surface area contributed by atoms with Gasteiger partial charge in [-0.2, -0.15) is 0 Å². The average molecular weight is 555 g/mol. The molecule has 0 saturated carbocycles. The highest BCUT2D eigenvalue weighted by molar-refractivity contribution is 14.0. The highest BCUT2D eigenvalue weighted by Crippen LogP contribution is 2.28. The molecule has 3 aliphatic rings. The zero-order valence-corrected chi connectivity index (χ0v) is 21.5. The summed E-state index contributed by atoms with van der Waals surface area (Å²) >= 11 is 0. The van der Waals surface area contributed by atoms with Crippen LogP contribution in [0, 0.1) is 0 Å². The van der Waals surface area contributed by atoms with Crippen molar-refractivity contribution in [2.75, 3.05) is 44.2 Å². The molecule has 1 N–H and O–H groups in total. The molecule has 9 heteroatoms. The quantitative estimate of drug-likeness (QED) is 0.457. The summed E-state index contributed by atoms with van der Waals surface area (Å²) in [6, 6.07) is 8.33. The molecule has 1 aromatic rings. The summed E-state index contributed by atoms with van der Waals surface area (Å²) in [6.45, 7) is 9.79. The first kappa shape index (κ1) is 24.6. The fraction of sp³-hybridized carbons (Fsp3) is 0.609. The molecule has 1 atom stereocenters. The standard InChI is InChI=1S/C23H33N5O3.HI/c1-23(2,3)31-22(30)26-13-14-27-18(16-26)15-25-21(27)24-11-6-9-20(29)28-12-10-17-7-4-5-8-19(17)28;/h4-5,7-8,18H,6,9-16H2,1-3H3,(H,24,25);1H. The molecule has 0 bridgehead atoms. The zero-order chi connectivity index (χ0) is 22.0. The summed E-state index contributed by atoms with van der Waals surface area (Å²) in [5.41, 5.74) is 1.83. The minimum atomic E-state index is -0.484. The molecule has 0 aromatic heterocycles. The van der Waals surface area contributed by atoms with Gasteiger partial charge in [0.1, 0.15) is 5.60 Å². The van der Waals surface area contributed by atoms with Gasteiger partial charge in [-0.15, -0.1) is 24.0 Å². The van der Waals surface area contributed by atoms with Gasteiger partial charge in [-0.1, -0.05) is 18.2 Å². The molecular weight excluding hydrogens is 521 g/mol. The molecule has 1 aromatic carbocycles. The number of ether oxygens (including phenoxy) is 1. The fourth-order valence-electron chi connectivity index (χ4n) is 4.39. The molecule has 8 nitrogen and oxygen atoms in total. The van der Waals surface area contributed by atoms with E-state index in [9.17, 15) is 9.59 Å². The number of guanidine groups is 1. The summed E-state index contributed by atoms with van der Waals surface area (Å²) in [7, 11) is 0. The Balaban J connectivity index is 0.00000289. The van der Waals surface area contributed by atoms with Crippen molar-refractivity contribution in [3.05, 3.63) is 29.8 Å². The molecule has 3 heterocycles. The molecule has 0 aliphatic carbocycles. The van der Waals surface area contributed by atoms with E-state index in [1.807, 2.05) is 43.9 Å². The van der Waals surface area contributed by atoms with Crippen LogP contribution in [0.15, 0.2) is 29.3 Å². The van der Waals surface area contributed by atoms with E-state index >= 15 is 0 Å². The lowest BCUT2D eigenvalue weighted by Gasteiger charge is -2.39. The predicted octanol–water partition coefficient (Wildman–Crippen LogP) is 2.85. The number of fused-ring (bicyclic) bond motifs is 2. The molecule has 32 heavy (non-hydrogen) atoms. The number of halogens is 1. The van der Waals surface area contributed by atoms with Crippen molar-refractivity contribution in [2.24, 2.45) is 4.99 Å². The number of amides is 2. The maximum Gasteiger partial charge on any atom is 0.410 e. The van der Waals surface area contributed by atoms with Crippen molar-refractivity contribution in [3.63, 3.8) is 0 Å². The highest BCUT2D eigenvalue weighted by atomic mass is 127. The Morgan fingerprint density at radius 3 is 2.75 bits per heavy atom. The fourth-order valence-corrected chi connectivity index (χ4v) is 4.39. The molecule has 1 unspecified atom stereocenters. The van der Waals surface area contributed by atoms with Gasteiger partial charge in [0.05, 0.1) is 12.6 Å². The van der Waals surface area contributed by atoms with Crippen molar-refractivity contribution >= 4 is 47.6 Å². The van der Waals surface area contributed by atoms with E-state index in [2.05, 4.69) is 21.3 Å². The molecule has 0 spiro atoms. The number of hydrogen-bond acceptors (Lipinski definition) is 6. The summed E-state index contributed by atoms with van der Waals surface area (Å²) < 4.78 is 5.50. The third kappa shape index (κ3) is 5.65. The minimum absolute atomic E-state index is 0. The summed E-state index contributed by atoms with van der Waals surface area (Å²) in [5, 5.41) is 3.40. The molecule has 0 radical (unpaired) electrons. The van der Waals surface area contributed by atoms with Gasteiger partial charge in [0.2, 0.25) is 5.91 Å². The van der Waals surface area contributed by atoms with E-state index in [0.29, 0.717) is 32.6 Å². The van der Waals surface area contributed by atoms with E-state index in [4.69, 9.17) is 4.74 Å². The normalized spacial score (nSPS) is 19.7. The Labute approximate surface area is 207 Å². The number of anilines is 1. The molecule has 176 valence electrons. The van der Waals surface area contributed by atoms with Crippen molar-refractivity contribution in [1.29, 1.82) is 0 Å². The van der Waals surface area contributed by atoms with Crippen LogP contribution in [0.1, 0.15) is 39.2 Å². The number of carbonyl (C=O) groups excluding carboxylic acids is 2. The lowest BCUT2D eigenvalue weighted by atomic mass is 10.2. The Morgan fingerprint density at radius 1 is 1.19 bits per heavy atom. The van der Waals surface area contributed by atoms with Crippen LogP contribution in [0.2, 0.25) is 0 Å². The van der Waals surface area contributed by atoms with Gasteiger partial charge in [0.15, 0.2) is 5.96 Å². The van der Waals surface area contributed by atoms with Crippen molar-refractivity contribution < 1.29 is 14.3 Å². The first-order chi connectivity index (χ1) is 14.8. The maximum absolute atomic E-state index is 12.6. The average Bonchev–Trinajstić information content (AvgIpc) is 3.33. The first-order valence-electron chi connectivity index (χ1n) is 11.2. The number of benzene rings is 1. The number of nitrogens with zero attached hydrogens (tertiary/aromatic N) is 4. The van der Waals surface area contributed by atoms with Crippen LogP contribution in [-0.2, 0) is 16.0 Å². The third-order valence-electron chi connectivity index (χ3n) is 5.90. The monoisotopic (exact) mass is 555 g/mol. The van der Waals surface area contributed by atoms with Gasteiger partial charge < -0.3 is 24.8 Å². The number of nitrogens with one attached hydrogen (secondary N) is 1. The van der Waals surface area contributed by atoms with Gasteiger partial charge in [0, 0.05) is 44.8 Å². The lowest BCUT2D eigenvalue weighted by molar-refractivity contribution is -0.118. The molecule has 4 rings (SSSR count). The highest BCUT2D eigenvalue weighted by Gasteiger charge is 2.36. The van der Waals surface area contributed by atoms with Crippen LogP contribution in [-0.4, -0.2) is 78.7 Å². The maximum atomic E-state index is 12.6. The van der Waals surface area contributed by atoms with Crippen LogP contribution >= 0.6 is 24.0 Å².